The summed E-state index contributed by atoms with van der Waals surface area (Å²) >= 11 is 0. The van der Waals surface area contributed by atoms with Crippen molar-refractivity contribution in [3.8, 4) is 5.75 Å². The van der Waals surface area contributed by atoms with Crippen molar-refractivity contribution in [2.24, 2.45) is 0 Å². The van der Waals surface area contributed by atoms with Gasteiger partial charge in [0.1, 0.15) is 11.9 Å². The standard InChI is InChI=1S/C27H29NO/c1-3-18-28-19-26(20-28)29-25-16-14-24(15-17-25)27(23-12-8-5-9-13-23)21(2)22-10-6-4-7-11-22/h4-17,26H,3,18-20H2,1-2H3. The zero-order chi connectivity index (χ0) is 20.1. The summed E-state index contributed by atoms with van der Waals surface area (Å²) < 4.78 is 6.15. The zero-order valence-electron chi connectivity index (χ0n) is 17.3. The number of benzene rings is 3. The Hall–Kier alpha value is -2.84. The normalized spacial score (nSPS) is 15.5. The van der Waals surface area contributed by atoms with Gasteiger partial charge >= 0.3 is 0 Å². The van der Waals surface area contributed by atoms with Gasteiger partial charge in [-0.05, 0) is 59.9 Å². The van der Waals surface area contributed by atoms with Gasteiger partial charge in [0, 0.05) is 13.1 Å². The summed E-state index contributed by atoms with van der Waals surface area (Å²) in [6.45, 7) is 7.68. The van der Waals surface area contributed by atoms with Crippen LogP contribution < -0.4 is 4.74 Å². The molecule has 4 rings (SSSR count). The Morgan fingerprint density at radius 1 is 0.793 bits per heavy atom. The van der Waals surface area contributed by atoms with Crippen molar-refractivity contribution in [1.29, 1.82) is 0 Å². The molecule has 0 unspecified atom stereocenters. The Kier molecular flexibility index (Phi) is 6.12. The molecule has 1 aliphatic rings. The van der Waals surface area contributed by atoms with Crippen molar-refractivity contribution in [1.82, 2.24) is 4.90 Å². The lowest BCUT2D eigenvalue weighted by molar-refractivity contribution is 0.0202. The van der Waals surface area contributed by atoms with Gasteiger partial charge in [-0.1, -0.05) is 79.7 Å². The molecule has 3 aromatic carbocycles. The van der Waals surface area contributed by atoms with Gasteiger partial charge in [0.05, 0.1) is 0 Å². The Morgan fingerprint density at radius 2 is 1.34 bits per heavy atom. The molecule has 2 nitrogen and oxygen atoms in total. The van der Waals surface area contributed by atoms with E-state index in [1.807, 2.05) is 0 Å². The molecule has 0 N–H and O–H groups in total. The second-order valence-corrected chi connectivity index (χ2v) is 7.76. The van der Waals surface area contributed by atoms with Crippen molar-refractivity contribution in [2.45, 2.75) is 26.4 Å². The minimum Gasteiger partial charge on any atom is -0.488 e. The molecule has 1 saturated heterocycles. The fourth-order valence-corrected chi connectivity index (χ4v) is 4.03. The third-order valence-electron chi connectivity index (χ3n) is 5.55. The highest BCUT2D eigenvalue weighted by molar-refractivity contribution is 5.97. The average molecular weight is 384 g/mol. The molecule has 1 fully saturated rings. The van der Waals surface area contributed by atoms with Crippen molar-refractivity contribution < 1.29 is 4.74 Å². The second-order valence-electron chi connectivity index (χ2n) is 7.76. The van der Waals surface area contributed by atoms with Crippen LogP contribution in [-0.4, -0.2) is 30.6 Å². The van der Waals surface area contributed by atoms with Crippen molar-refractivity contribution in [3.05, 3.63) is 102 Å². The summed E-state index contributed by atoms with van der Waals surface area (Å²) in [6.07, 6.45) is 1.53. The molecule has 148 valence electrons. The highest BCUT2D eigenvalue weighted by Crippen LogP contribution is 2.33. The number of allylic oxidation sites excluding steroid dienone is 1. The first kappa shape index (κ1) is 19.5. The third-order valence-corrected chi connectivity index (χ3v) is 5.55. The molecular weight excluding hydrogens is 354 g/mol. The molecule has 0 saturated carbocycles. The molecule has 3 aromatic rings. The second kappa shape index (κ2) is 9.11. The number of rotatable bonds is 7. The van der Waals surface area contributed by atoms with Gasteiger partial charge in [0.25, 0.3) is 0 Å². The van der Waals surface area contributed by atoms with E-state index in [1.165, 1.54) is 40.8 Å². The molecule has 0 aliphatic carbocycles. The van der Waals surface area contributed by atoms with E-state index in [-0.39, 0.29) is 0 Å². The lowest BCUT2D eigenvalue weighted by Gasteiger charge is -2.38. The summed E-state index contributed by atoms with van der Waals surface area (Å²) in [5.41, 5.74) is 6.24. The van der Waals surface area contributed by atoms with E-state index in [0.717, 1.165) is 18.8 Å². The molecule has 0 atom stereocenters. The van der Waals surface area contributed by atoms with E-state index >= 15 is 0 Å². The highest BCUT2D eigenvalue weighted by Gasteiger charge is 2.27. The largest absolute Gasteiger partial charge is 0.488 e. The Balaban J connectivity index is 1.59. The quantitative estimate of drug-likeness (QED) is 0.455. The molecule has 0 aromatic heterocycles. The number of likely N-dealkylation sites (tertiary alicyclic amines) is 1. The molecule has 0 spiro atoms. The minimum atomic E-state index is 0.322. The maximum atomic E-state index is 6.15. The number of hydrogen-bond acceptors (Lipinski definition) is 2. The molecule has 0 amide bonds. The van der Waals surface area contributed by atoms with E-state index in [4.69, 9.17) is 4.74 Å². The molecule has 0 radical (unpaired) electrons. The van der Waals surface area contributed by atoms with Crippen LogP contribution in [0, 0.1) is 0 Å². The predicted octanol–water partition coefficient (Wildman–Crippen LogP) is 6.14. The molecule has 2 heteroatoms. The Morgan fingerprint density at radius 3 is 1.93 bits per heavy atom. The molecule has 0 bridgehead atoms. The highest BCUT2D eigenvalue weighted by atomic mass is 16.5. The smallest absolute Gasteiger partial charge is 0.124 e. The first-order valence-corrected chi connectivity index (χ1v) is 10.6. The third kappa shape index (κ3) is 4.60. The fraction of sp³-hybridized carbons (Fsp3) is 0.259. The van der Waals surface area contributed by atoms with Crippen LogP contribution in [0.25, 0.3) is 11.1 Å². The van der Waals surface area contributed by atoms with Crippen LogP contribution in [0.3, 0.4) is 0 Å². The maximum absolute atomic E-state index is 6.15. The van der Waals surface area contributed by atoms with Crippen LogP contribution in [-0.2, 0) is 0 Å². The lowest BCUT2D eigenvalue weighted by atomic mass is 9.90. The van der Waals surface area contributed by atoms with Gasteiger partial charge in [0.15, 0.2) is 0 Å². The number of hydrogen-bond donors (Lipinski definition) is 0. The Labute approximate surface area is 174 Å². The molecule has 1 heterocycles. The van der Waals surface area contributed by atoms with Crippen LogP contribution in [0.1, 0.15) is 37.0 Å². The van der Waals surface area contributed by atoms with Crippen LogP contribution in [0.15, 0.2) is 84.9 Å². The SMILES string of the molecule is CCCN1CC(Oc2ccc(C(=C(C)c3ccccc3)c3ccccc3)cc2)C1. The van der Waals surface area contributed by atoms with Crippen molar-refractivity contribution >= 4 is 11.1 Å². The first-order valence-electron chi connectivity index (χ1n) is 10.6. The monoisotopic (exact) mass is 383 g/mol. The first-order chi connectivity index (χ1) is 14.2. The van der Waals surface area contributed by atoms with E-state index in [9.17, 15) is 0 Å². The summed E-state index contributed by atoms with van der Waals surface area (Å²) in [7, 11) is 0. The van der Waals surface area contributed by atoms with Crippen molar-refractivity contribution in [3.63, 3.8) is 0 Å². The Bertz CT molecular complexity index is 939. The van der Waals surface area contributed by atoms with Gasteiger partial charge in [-0.2, -0.15) is 0 Å². The van der Waals surface area contributed by atoms with Crippen LogP contribution in [0.2, 0.25) is 0 Å². The van der Waals surface area contributed by atoms with Gasteiger partial charge in [-0.15, -0.1) is 0 Å². The average Bonchev–Trinajstić information content (AvgIpc) is 2.75. The van der Waals surface area contributed by atoms with Crippen LogP contribution in [0.4, 0.5) is 0 Å². The summed E-state index contributed by atoms with van der Waals surface area (Å²) in [6, 6.07) is 29.8. The van der Waals surface area contributed by atoms with E-state index in [2.05, 4.69) is 104 Å². The fourth-order valence-electron chi connectivity index (χ4n) is 4.03. The maximum Gasteiger partial charge on any atom is 0.124 e. The summed E-state index contributed by atoms with van der Waals surface area (Å²) in [5.74, 6) is 0.958. The predicted molar refractivity (Wildman–Crippen MR) is 122 cm³/mol. The topological polar surface area (TPSA) is 12.5 Å². The minimum absolute atomic E-state index is 0.322. The van der Waals surface area contributed by atoms with Crippen molar-refractivity contribution in [2.75, 3.05) is 19.6 Å². The van der Waals surface area contributed by atoms with Gasteiger partial charge in [-0.3, -0.25) is 4.90 Å². The lowest BCUT2D eigenvalue weighted by Crippen LogP contribution is -2.53. The van der Waals surface area contributed by atoms with Gasteiger partial charge in [-0.25, -0.2) is 0 Å². The summed E-state index contributed by atoms with van der Waals surface area (Å²) in [4.78, 5) is 2.44. The molecule has 1 aliphatic heterocycles. The summed E-state index contributed by atoms with van der Waals surface area (Å²) in [5, 5.41) is 0. The van der Waals surface area contributed by atoms with Gasteiger partial charge < -0.3 is 4.74 Å². The van der Waals surface area contributed by atoms with E-state index < -0.39 is 0 Å². The number of ether oxygens (including phenoxy) is 1. The van der Waals surface area contributed by atoms with E-state index in [0.29, 0.717) is 6.10 Å². The molecular formula is C27H29NO. The molecule has 29 heavy (non-hydrogen) atoms. The number of nitrogens with zero attached hydrogens (tertiary/aromatic N) is 1. The van der Waals surface area contributed by atoms with E-state index in [1.54, 1.807) is 0 Å². The zero-order valence-corrected chi connectivity index (χ0v) is 17.3. The van der Waals surface area contributed by atoms with Crippen LogP contribution in [0.5, 0.6) is 5.75 Å². The van der Waals surface area contributed by atoms with Gasteiger partial charge in [0.2, 0.25) is 0 Å². The van der Waals surface area contributed by atoms with Crippen LogP contribution >= 0.6 is 0 Å².